The van der Waals surface area contributed by atoms with Crippen molar-refractivity contribution in [2.75, 3.05) is 6.54 Å². The van der Waals surface area contributed by atoms with Gasteiger partial charge in [0.05, 0.1) is 17.2 Å². The average molecular weight is 431 g/mol. The molecule has 0 unspecified atom stereocenters. The summed E-state index contributed by atoms with van der Waals surface area (Å²) in [7, 11) is 0. The van der Waals surface area contributed by atoms with E-state index in [0.29, 0.717) is 6.42 Å². The van der Waals surface area contributed by atoms with Crippen molar-refractivity contribution >= 4 is 44.0 Å². The monoisotopic (exact) mass is 430 g/mol. The Morgan fingerprint density at radius 3 is 2.96 bits per heavy atom. The first-order chi connectivity index (χ1) is 12.8. The third-order valence-electron chi connectivity index (χ3n) is 4.77. The van der Waals surface area contributed by atoms with E-state index in [9.17, 15) is 4.79 Å². The third-order valence-corrected chi connectivity index (χ3v) is 5.26. The Morgan fingerprint density at radius 1 is 1.37 bits per heavy atom. The van der Waals surface area contributed by atoms with Crippen molar-refractivity contribution in [3.63, 3.8) is 0 Å². The molecule has 1 aromatic carbocycles. The molecule has 6 nitrogen and oxygen atoms in total. The van der Waals surface area contributed by atoms with Gasteiger partial charge in [0.2, 0.25) is 0 Å². The SMILES string of the molecule is CC(C)(C)OC(=O)N1CCC[C@@H]1Cc1nc2cnc3cc(Br)ccc3c2[nH]1. The van der Waals surface area contributed by atoms with Gasteiger partial charge in [0, 0.05) is 28.9 Å². The van der Waals surface area contributed by atoms with Crippen molar-refractivity contribution in [3.8, 4) is 0 Å². The summed E-state index contributed by atoms with van der Waals surface area (Å²) in [6.45, 7) is 6.42. The van der Waals surface area contributed by atoms with Gasteiger partial charge in [0.1, 0.15) is 16.9 Å². The van der Waals surface area contributed by atoms with Crippen LogP contribution in [-0.4, -0.2) is 44.1 Å². The minimum absolute atomic E-state index is 0.105. The van der Waals surface area contributed by atoms with Crippen LogP contribution < -0.4 is 0 Å². The van der Waals surface area contributed by atoms with E-state index in [0.717, 1.165) is 51.6 Å². The second kappa shape index (κ2) is 6.78. The van der Waals surface area contributed by atoms with Gasteiger partial charge >= 0.3 is 6.09 Å². The highest BCUT2D eigenvalue weighted by Gasteiger charge is 2.32. The number of carbonyl (C=O) groups excluding carboxylic acids is 1. The highest BCUT2D eigenvalue weighted by atomic mass is 79.9. The van der Waals surface area contributed by atoms with Crippen molar-refractivity contribution in [2.45, 2.75) is 51.7 Å². The Hall–Kier alpha value is -2.15. The number of halogens is 1. The molecule has 1 fully saturated rings. The number of benzene rings is 1. The minimum Gasteiger partial charge on any atom is -0.444 e. The molecule has 1 saturated heterocycles. The smallest absolute Gasteiger partial charge is 0.410 e. The molecule has 0 bridgehead atoms. The van der Waals surface area contributed by atoms with Crippen LogP contribution in [0.3, 0.4) is 0 Å². The van der Waals surface area contributed by atoms with E-state index >= 15 is 0 Å². The number of rotatable bonds is 2. The molecule has 2 aromatic heterocycles. The highest BCUT2D eigenvalue weighted by molar-refractivity contribution is 9.10. The molecular weight excluding hydrogens is 408 g/mol. The number of hydrogen-bond donors (Lipinski definition) is 1. The van der Waals surface area contributed by atoms with Gasteiger partial charge in [-0.1, -0.05) is 15.9 Å². The molecule has 142 valence electrons. The molecule has 1 atom stereocenters. The van der Waals surface area contributed by atoms with Crippen molar-refractivity contribution in [1.29, 1.82) is 0 Å². The van der Waals surface area contributed by atoms with Crippen LogP contribution in [-0.2, 0) is 11.2 Å². The zero-order valence-corrected chi connectivity index (χ0v) is 17.3. The molecule has 1 N–H and O–H groups in total. The number of H-pyrrole nitrogens is 1. The summed E-state index contributed by atoms with van der Waals surface area (Å²) >= 11 is 3.49. The number of pyridine rings is 1. The van der Waals surface area contributed by atoms with Crippen LogP contribution in [0.2, 0.25) is 0 Å². The van der Waals surface area contributed by atoms with Crippen LogP contribution in [0.25, 0.3) is 21.9 Å². The van der Waals surface area contributed by atoms with Gasteiger partial charge in [-0.25, -0.2) is 9.78 Å². The number of ether oxygens (including phenoxy) is 1. The summed E-state index contributed by atoms with van der Waals surface area (Å²) in [6, 6.07) is 6.15. The van der Waals surface area contributed by atoms with Gasteiger partial charge in [-0.2, -0.15) is 0 Å². The summed E-state index contributed by atoms with van der Waals surface area (Å²) in [5.74, 6) is 0.877. The molecule has 1 aliphatic rings. The van der Waals surface area contributed by atoms with E-state index in [-0.39, 0.29) is 12.1 Å². The number of carbonyl (C=O) groups is 1. The summed E-state index contributed by atoms with van der Waals surface area (Å²) in [5.41, 5.74) is 2.27. The number of imidazole rings is 1. The fourth-order valence-electron chi connectivity index (χ4n) is 3.62. The number of hydrogen-bond acceptors (Lipinski definition) is 4. The zero-order valence-electron chi connectivity index (χ0n) is 15.8. The van der Waals surface area contributed by atoms with Crippen molar-refractivity contribution < 1.29 is 9.53 Å². The normalized spacial score (nSPS) is 17.8. The molecule has 27 heavy (non-hydrogen) atoms. The van der Waals surface area contributed by atoms with Gasteiger partial charge in [-0.3, -0.25) is 4.98 Å². The molecule has 0 aliphatic carbocycles. The van der Waals surface area contributed by atoms with Crippen molar-refractivity contribution in [1.82, 2.24) is 19.9 Å². The number of likely N-dealkylation sites (tertiary alicyclic amines) is 1. The lowest BCUT2D eigenvalue weighted by atomic mass is 10.1. The van der Waals surface area contributed by atoms with E-state index < -0.39 is 5.60 Å². The predicted octanol–water partition coefficient (Wildman–Crippen LogP) is 4.82. The quantitative estimate of drug-likeness (QED) is 0.632. The van der Waals surface area contributed by atoms with Gasteiger partial charge in [0.25, 0.3) is 0 Å². The molecule has 4 rings (SSSR count). The Bertz CT molecular complexity index is 1010. The minimum atomic E-state index is -0.484. The van der Waals surface area contributed by atoms with Crippen LogP contribution in [0.1, 0.15) is 39.4 Å². The molecular formula is C20H23BrN4O2. The average Bonchev–Trinajstić information content (AvgIpc) is 3.19. The molecule has 0 saturated carbocycles. The van der Waals surface area contributed by atoms with Crippen LogP contribution in [0, 0.1) is 0 Å². The van der Waals surface area contributed by atoms with Gasteiger partial charge in [0.15, 0.2) is 0 Å². The number of nitrogens with zero attached hydrogens (tertiary/aromatic N) is 3. The number of nitrogens with one attached hydrogen (secondary N) is 1. The fraction of sp³-hybridized carbons (Fsp3) is 0.450. The molecule has 1 amide bonds. The lowest BCUT2D eigenvalue weighted by Crippen LogP contribution is -2.40. The first kappa shape index (κ1) is 18.2. The standard InChI is InChI=1S/C20H23BrN4O2/c1-20(2,3)27-19(26)25-8-4-5-13(25)10-17-23-16-11-22-15-9-12(21)6-7-14(15)18(16)24-17/h6-7,9,11,13H,4-5,8,10H2,1-3H3,(H,23,24)/t13-/m1/s1. The van der Waals surface area contributed by atoms with E-state index in [4.69, 9.17) is 9.72 Å². The molecule has 3 aromatic rings. The number of fused-ring (bicyclic) bond motifs is 3. The maximum Gasteiger partial charge on any atom is 0.410 e. The highest BCUT2D eigenvalue weighted by Crippen LogP contribution is 2.27. The Labute approximate surface area is 166 Å². The van der Waals surface area contributed by atoms with Crippen LogP contribution >= 0.6 is 15.9 Å². The van der Waals surface area contributed by atoms with Gasteiger partial charge < -0.3 is 14.6 Å². The zero-order chi connectivity index (χ0) is 19.2. The van der Waals surface area contributed by atoms with Gasteiger partial charge in [-0.05, 0) is 51.8 Å². The lowest BCUT2D eigenvalue weighted by Gasteiger charge is -2.28. The summed E-state index contributed by atoms with van der Waals surface area (Å²) in [4.78, 5) is 27.0. The second-order valence-corrected chi connectivity index (χ2v) is 8.95. The van der Waals surface area contributed by atoms with E-state index in [1.165, 1.54) is 0 Å². The largest absolute Gasteiger partial charge is 0.444 e. The summed E-state index contributed by atoms with van der Waals surface area (Å²) < 4.78 is 6.56. The molecule has 0 radical (unpaired) electrons. The van der Waals surface area contributed by atoms with E-state index in [1.807, 2.05) is 43.9 Å². The topological polar surface area (TPSA) is 71.1 Å². The Balaban J connectivity index is 1.59. The number of aromatic amines is 1. The summed E-state index contributed by atoms with van der Waals surface area (Å²) in [6.07, 6.45) is 4.19. The van der Waals surface area contributed by atoms with Crippen LogP contribution in [0.5, 0.6) is 0 Å². The summed E-state index contributed by atoms with van der Waals surface area (Å²) in [5, 5.41) is 1.05. The molecule has 7 heteroatoms. The van der Waals surface area contributed by atoms with Crippen LogP contribution in [0.4, 0.5) is 4.79 Å². The fourth-order valence-corrected chi connectivity index (χ4v) is 3.97. The van der Waals surface area contributed by atoms with E-state index in [1.54, 1.807) is 6.20 Å². The lowest BCUT2D eigenvalue weighted by molar-refractivity contribution is 0.0226. The first-order valence-corrected chi connectivity index (χ1v) is 10.0. The maximum atomic E-state index is 12.5. The predicted molar refractivity (Wildman–Crippen MR) is 109 cm³/mol. The van der Waals surface area contributed by atoms with Crippen molar-refractivity contribution in [2.24, 2.45) is 0 Å². The Kier molecular flexibility index (Phi) is 4.58. The second-order valence-electron chi connectivity index (χ2n) is 8.04. The molecule has 0 spiro atoms. The third kappa shape index (κ3) is 3.78. The van der Waals surface area contributed by atoms with E-state index in [2.05, 4.69) is 25.9 Å². The van der Waals surface area contributed by atoms with Gasteiger partial charge in [-0.15, -0.1) is 0 Å². The maximum absolute atomic E-state index is 12.5. The molecule has 1 aliphatic heterocycles. The van der Waals surface area contributed by atoms with Crippen molar-refractivity contribution in [3.05, 3.63) is 34.7 Å². The Morgan fingerprint density at radius 2 is 2.19 bits per heavy atom. The number of amides is 1. The first-order valence-electron chi connectivity index (χ1n) is 9.23. The number of aromatic nitrogens is 3. The van der Waals surface area contributed by atoms with Crippen LogP contribution in [0.15, 0.2) is 28.9 Å². The molecule has 3 heterocycles.